The molecule has 1 aliphatic rings. The van der Waals surface area contributed by atoms with Gasteiger partial charge in [0.1, 0.15) is 10.8 Å². The number of hydrogen-bond acceptors (Lipinski definition) is 5. The zero-order valence-electron chi connectivity index (χ0n) is 15.3. The molecular weight excluding hydrogens is 405 g/mol. The van der Waals surface area contributed by atoms with Gasteiger partial charge in [-0.15, -0.1) is 36.2 Å². The van der Waals surface area contributed by atoms with Gasteiger partial charge in [0.05, 0.1) is 18.7 Å². The molecule has 2 atom stereocenters. The van der Waals surface area contributed by atoms with E-state index < -0.39 is 0 Å². The molecule has 2 unspecified atom stereocenters. The van der Waals surface area contributed by atoms with Crippen LogP contribution in [0.1, 0.15) is 31.9 Å². The maximum absolute atomic E-state index is 12.3. The Morgan fingerprint density at radius 2 is 2.04 bits per heavy atom. The molecule has 1 aliphatic carbocycles. The second-order valence-electron chi connectivity index (χ2n) is 6.38. The van der Waals surface area contributed by atoms with Crippen molar-refractivity contribution in [2.75, 3.05) is 13.2 Å². The van der Waals surface area contributed by atoms with E-state index in [-0.39, 0.29) is 36.8 Å². The number of rotatable bonds is 7. The first-order chi connectivity index (χ1) is 12.2. The Bertz CT molecular complexity index is 709. The van der Waals surface area contributed by atoms with Crippen molar-refractivity contribution in [3.8, 4) is 16.3 Å². The molecule has 1 amide bonds. The summed E-state index contributed by atoms with van der Waals surface area (Å²) in [6.07, 6.45) is 3.61. The smallest absolute Gasteiger partial charge is 0.226 e. The van der Waals surface area contributed by atoms with Gasteiger partial charge in [-0.05, 0) is 56.5 Å². The van der Waals surface area contributed by atoms with E-state index in [4.69, 9.17) is 10.5 Å². The minimum absolute atomic E-state index is 0. The Hall–Kier alpha value is -1.34. The Kier molecular flexibility index (Phi) is 10.1. The molecule has 27 heavy (non-hydrogen) atoms. The lowest BCUT2D eigenvalue weighted by Crippen LogP contribution is -2.40. The van der Waals surface area contributed by atoms with Gasteiger partial charge in [-0.25, -0.2) is 4.98 Å². The van der Waals surface area contributed by atoms with Crippen molar-refractivity contribution in [2.45, 2.75) is 38.6 Å². The Morgan fingerprint density at radius 3 is 2.70 bits per heavy atom. The first-order valence-electron chi connectivity index (χ1n) is 8.86. The molecule has 0 aliphatic heterocycles. The zero-order chi connectivity index (χ0) is 17.6. The zero-order valence-corrected chi connectivity index (χ0v) is 17.8. The number of aromatic nitrogens is 1. The van der Waals surface area contributed by atoms with Crippen molar-refractivity contribution in [1.82, 2.24) is 10.3 Å². The van der Waals surface area contributed by atoms with Gasteiger partial charge in [0.25, 0.3) is 0 Å². The van der Waals surface area contributed by atoms with E-state index in [1.165, 1.54) is 0 Å². The number of benzene rings is 1. The average molecular weight is 432 g/mol. The molecular formula is C19H27Cl2N3O2S. The fraction of sp³-hybridized carbons (Fsp3) is 0.474. The molecule has 0 bridgehead atoms. The standard InChI is InChI=1S/C19H25N3O2S.2ClH/c1-2-24-16-8-6-13(7-9-16)19-21-15(12-25-19)10-18(23)22-17-5-3-4-14(17)11-20;;/h6-9,12,14,17H,2-5,10-11,20H2,1H3,(H,22,23);2*1H. The molecule has 1 aromatic heterocycles. The number of hydrogen-bond donors (Lipinski definition) is 2. The molecule has 0 saturated heterocycles. The van der Waals surface area contributed by atoms with E-state index in [2.05, 4.69) is 10.3 Å². The minimum Gasteiger partial charge on any atom is -0.494 e. The van der Waals surface area contributed by atoms with Gasteiger partial charge in [-0.2, -0.15) is 0 Å². The second kappa shape index (κ2) is 11.5. The average Bonchev–Trinajstić information content (AvgIpc) is 3.25. The summed E-state index contributed by atoms with van der Waals surface area (Å²) in [5, 5.41) is 6.01. The quantitative estimate of drug-likeness (QED) is 0.697. The highest BCUT2D eigenvalue weighted by Crippen LogP contribution is 2.27. The van der Waals surface area contributed by atoms with Gasteiger partial charge >= 0.3 is 0 Å². The normalized spacial score (nSPS) is 18.3. The molecule has 5 nitrogen and oxygen atoms in total. The maximum atomic E-state index is 12.3. The van der Waals surface area contributed by atoms with Crippen LogP contribution in [0.15, 0.2) is 29.6 Å². The molecule has 3 N–H and O–H groups in total. The Morgan fingerprint density at radius 1 is 1.30 bits per heavy atom. The van der Waals surface area contributed by atoms with E-state index in [1.807, 2.05) is 36.6 Å². The van der Waals surface area contributed by atoms with Crippen LogP contribution in [-0.2, 0) is 11.2 Å². The van der Waals surface area contributed by atoms with Gasteiger partial charge in [0.15, 0.2) is 0 Å². The van der Waals surface area contributed by atoms with Gasteiger partial charge in [-0.3, -0.25) is 4.79 Å². The molecule has 0 radical (unpaired) electrons. The third-order valence-corrected chi connectivity index (χ3v) is 5.55. The first kappa shape index (κ1) is 23.7. The van der Waals surface area contributed by atoms with Gasteiger partial charge in [-0.1, -0.05) is 6.42 Å². The summed E-state index contributed by atoms with van der Waals surface area (Å²) in [6, 6.07) is 8.11. The van der Waals surface area contributed by atoms with Crippen LogP contribution in [0, 0.1) is 5.92 Å². The van der Waals surface area contributed by atoms with Crippen LogP contribution >= 0.6 is 36.2 Å². The van der Waals surface area contributed by atoms with E-state index >= 15 is 0 Å². The molecule has 1 fully saturated rings. The fourth-order valence-corrected chi connectivity index (χ4v) is 4.14. The summed E-state index contributed by atoms with van der Waals surface area (Å²) in [5.74, 6) is 1.31. The third-order valence-electron chi connectivity index (χ3n) is 4.61. The van der Waals surface area contributed by atoms with Crippen LogP contribution < -0.4 is 15.8 Å². The number of thiazole rings is 1. The number of nitrogens with two attached hydrogens (primary N) is 1. The number of amides is 1. The van der Waals surface area contributed by atoms with Gasteiger partial charge in [0.2, 0.25) is 5.91 Å². The molecule has 8 heteroatoms. The molecule has 1 aromatic carbocycles. The van der Waals surface area contributed by atoms with Crippen LogP contribution in [0.4, 0.5) is 0 Å². The van der Waals surface area contributed by atoms with Crippen LogP contribution in [0.2, 0.25) is 0 Å². The van der Waals surface area contributed by atoms with Crippen molar-refractivity contribution in [3.63, 3.8) is 0 Å². The van der Waals surface area contributed by atoms with Crippen molar-refractivity contribution in [2.24, 2.45) is 11.7 Å². The highest BCUT2D eigenvalue weighted by Gasteiger charge is 2.27. The summed E-state index contributed by atoms with van der Waals surface area (Å²) in [6.45, 7) is 3.26. The molecule has 0 spiro atoms. The number of halogens is 2. The summed E-state index contributed by atoms with van der Waals surface area (Å²) >= 11 is 1.56. The summed E-state index contributed by atoms with van der Waals surface area (Å²) < 4.78 is 5.46. The summed E-state index contributed by atoms with van der Waals surface area (Å²) in [4.78, 5) is 16.9. The second-order valence-corrected chi connectivity index (χ2v) is 7.24. The number of nitrogens with one attached hydrogen (secondary N) is 1. The van der Waals surface area contributed by atoms with E-state index in [9.17, 15) is 4.79 Å². The number of carbonyl (C=O) groups is 1. The third kappa shape index (κ3) is 6.35. The van der Waals surface area contributed by atoms with Crippen molar-refractivity contribution < 1.29 is 9.53 Å². The summed E-state index contributed by atoms with van der Waals surface area (Å²) in [5.41, 5.74) is 7.63. The largest absolute Gasteiger partial charge is 0.494 e. The van der Waals surface area contributed by atoms with E-state index in [1.54, 1.807) is 11.3 Å². The summed E-state index contributed by atoms with van der Waals surface area (Å²) in [7, 11) is 0. The van der Waals surface area contributed by atoms with Crippen molar-refractivity contribution >= 4 is 42.1 Å². The lowest BCUT2D eigenvalue weighted by Gasteiger charge is -2.19. The molecule has 1 saturated carbocycles. The molecule has 1 heterocycles. The highest BCUT2D eigenvalue weighted by atomic mass is 35.5. The molecule has 2 aromatic rings. The van der Waals surface area contributed by atoms with Gasteiger partial charge < -0.3 is 15.8 Å². The lowest BCUT2D eigenvalue weighted by atomic mass is 10.0. The highest BCUT2D eigenvalue weighted by molar-refractivity contribution is 7.13. The van der Waals surface area contributed by atoms with Crippen molar-refractivity contribution in [3.05, 3.63) is 35.3 Å². The number of nitrogens with zero attached hydrogens (tertiary/aromatic N) is 1. The number of ether oxygens (including phenoxy) is 1. The van der Waals surface area contributed by atoms with E-state index in [0.717, 1.165) is 41.3 Å². The topological polar surface area (TPSA) is 77.2 Å². The Balaban J connectivity index is 0.00000182. The monoisotopic (exact) mass is 431 g/mol. The molecule has 150 valence electrons. The molecule has 3 rings (SSSR count). The van der Waals surface area contributed by atoms with Crippen LogP contribution in [0.3, 0.4) is 0 Å². The predicted molar refractivity (Wildman–Crippen MR) is 115 cm³/mol. The maximum Gasteiger partial charge on any atom is 0.226 e. The van der Waals surface area contributed by atoms with Crippen LogP contribution in [-0.4, -0.2) is 30.1 Å². The fourth-order valence-electron chi connectivity index (χ4n) is 3.31. The first-order valence-corrected chi connectivity index (χ1v) is 9.74. The van der Waals surface area contributed by atoms with Crippen LogP contribution in [0.25, 0.3) is 10.6 Å². The minimum atomic E-state index is 0. The number of carbonyl (C=O) groups excluding carboxylic acids is 1. The Labute approximate surface area is 176 Å². The van der Waals surface area contributed by atoms with E-state index in [0.29, 0.717) is 25.5 Å². The van der Waals surface area contributed by atoms with Crippen molar-refractivity contribution in [1.29, 1.82) is 0 Å². The predicted octanol–water partition coefficient (Wildman–Crippen LogP) is 3.84. The lowest BCUT2D eigenvalue weighted by molar-refractivity contribution is -0.121. The van der Waals surface area contributed by atoms with Gasteiger partial charge in [0, 0.05) is 17.0 Å². The SMILES string of the molecule is CCOc1ccc(-c2nc(CC(=O)NC3CCCC3CN)cs2)cc1.Cl.Cl. The van der Waals surface area contributed by atoms with Crippen LogP contribution in [0.5, 0.6) is 5.75 Å².